The van der Waals surface area contributed by atoms with E-state index in [2.05, 4.69) is 4.98 Å². The Labute approximate surface area is 150 Å². The first-order chi connectivity index (χ1) is 11.0. The lowest BCUT2D eigenvalue weighted by Gasteiger charge is -2.13. The van der Waals surface area contributed by atoms with Crippen molar-refractivity contribution in [1.82, 2.24) is 9.88 Å². The highest BCUT2D eigenvalue weighted by atomic mass is 127. The number of nitrogens with zero attached hydrogens (tertiary/aromatic N) is 2. The van der Waals surface area contributed by atoms with E-state index in [4.69, 9.17) is 0 Å². The average molecular weight is 442 g/mol. The van der Waals surface area contributed by atoms with Gasteiger partial charge in [-0.15, -0.1) is 0 Å². The van der Waals surface area contributed by atoms with E-state index in [1.54, 1.807) is 31.4 Å². The molecular formula is C16H12FIN2O2S. The molecule has 1 amide bonds. The lowest BCUT2D eigenvalue weighted by Crippen LogP contribution is -2.27. The van der Waals surface area contributed by atoms with Gasteiger partial charge in [0.2, 0.25) is 0 Å². The monoisotopic (exact) mass is 442 g/mol. The molecule has 3 rings (SSSR count). The summed E-state index contributed by atoms with van der Waals surface area (Å²) in [5.41, 5.74) is 0.687. The van der Waals surface area contributed by atoms with Gasteiger partial charge in [-0.2, -0.15) is 0 Å². The number of hydrogen-bond acceptors (Lipinski definition) is 4. The molecule has 1 aliphatic rings. The molecule has 1 aliphatic heterocycles. The second kappa shape index (κ2) is 6.48. The summed E-state index contributed by atoms with van der Waals surface area (Å²) in [5.74, 6) is -0.486. The Morgan fingerprint density at radius 2 is 1.87 bits per heavy atom. The maximum Gasteiger partial charge on any atom is 0.260 e. The lowest BCUT2D eigenvalue weighted by molar-refractivity contribution is -0.122. The van der Waals surface area contributed by atoms with Crippen LogP contribution in [0.25, 0.3) is 5.57 Å². The predicted octanol–water partition coefficient (Wildman–Crippen LogP) is 3.87. The lowest BCUT2D eigenvalue weighted by atomic mass is 10.1. The Kier molecular flexibility index (Phi) is 4.58. The Bertz CT molecular complexity index is 778. The van der Waals surface area contributed by atoms with Gasteiger partial charge in [0.15, 0.2) is 0 Å². The van der Waals surface area contributed by atoms with Crippen LogP contribution in [0.4, 0.5) is 4.39 Å². The quantitative estimate of drug-likeness (QED) is 0.446. The van der Waals surface area contributed by atoms with E-state index in [0.29, 0.717) is 5.69 Å². The highest BCUT2D eigenvalue weighted by Gasteiger charge is 2.36. The highest BCUT2D eigenvalue weighted by Crippen LogP contribution is 2.34. The molecule has 0 saturated heterocycles. The SMILES string of the molecule is CN1C(=O)C(c2ccc(Sc3ccc(F)cc3)cn2)=C(O)C1I. The second-order valence-electron chi connectivity index (χ2n) is 4.95. The average Bonchev–Trinajstić information content (AvgIpc) is 2.74. The van der Waals surface area contributed by atoms with Crippen molar-refractivity contribution in [1.29, 1.82) is 0 Å². The van der Waals surface area contributed by atoms with Crippen molar-refractivity contribution in [3.8, 4) is 0 Å². The summed E-state index contributed by atoms with van der Waals surface area (Å²) in [6.45, 7) is 0. The summed E-state index contributed by atoms with van der Waals surface area (Å²) < 4.78 is 12.5. The Morgan fingerprint density at radius 1 is 1.22 bits per heavy atom. The molecule has 7 heteroatoms. The molecule has 0 bridgehead atoms. The largest absolute Gasteiger partial charge is 0.508 e. The van der Waals surface area contributed by atoms with Crippen LogP contribution < -0.4 is 0 Å². The van der Waals surface area contributed by atoms with Gasteiger partial charge >= 0.3 is 0 Å². The van der Waals surface area contributed by atoms with Crippen LogP contribution in [0.1, 0.15) is 5.69 Å². The van der Waals surface area contributed by atoms with E-state index in [1.807, 2.05) is 28.7 Å². The summed E-state index contributed by atoms with van der Waals surface area (Å²) in [4.78, 5) is 19.7. The van der Waals surface area contributed by atoms with E-state index in [9.17, 15) is 14.3 Å². The molecule has 1 atom stereocenters. The molecule has 2 aromatic rings. The molecule has 1 aromatic heterocycles. The number of aliphatic hydroxyl groups is 1. The number of hydrogen-bond donors (Lipinski definition) is 1. The number of likely N-dealkylation sites (N-methyl/N-ethyl adjacent to an activating group) is 1. The Hall–Kier alpha value is -1.61. The maximum atomic E-state index is 12.9. The number of benzene rings is 1. The van der Waals surface area contributed by atoms with Gasteiger partial charge in [0.1, 0.15) is 21.2 Å². The molecule has 2 heterocycles. The number of alkyl halides is 1. The number of aliphatic hydroxyl groups excluding tert-OH is 1. The summed E-state index contributed by atoms with van der Waals surface area (Å²) in [6.07, 6.45) is 1.64. The molecule has 1 aromatic carbocycles. The number of rotatable bonds is 3. The van der Waals surface area contributed by atoms with Crippen molar-refractivity contribution in [3.05, 3.63) is 59.9 Å². The van der Waals surface area contributed by atoms with Gasteiger partial charge in [0, 0.05) is 23.0 Å². The minimum absolute atomic E-state index is 0.0320. The van der Waals surface area contributed by atoms with Crippen LogP contribution in [0.5, 0.6) is 0 Å². The fourth-order valence-corrected chi connectivity index (χ4v) is 3.51. The number of pyridine rings is 1. The topological polar surface area (TPSA) is 53.4 Å². The van der Waals surface area contributed by atoms with Gasteiger partial charge < -0.3 is 10.0 Å². The normalized spacial score (nSPS) is 18.0. The third-order valence-electron chi connectivity index (χ3n) is 3.40. The van der Waals surface area contributed by atoms with Crippen molar-refractivity contribution < 1.29 is 14.3 Å². The van der Waals surface area contributed by atoms with Crippen LogP contribution in [0.3, 0.4) is 0 Å². The molecule has 0 radical (unpaired) electrons. The molecule has 0 spiro atoms. The van der Waals surface area contributed by atoms with Gasteiger partial charge in [-0.25, -0.2) is 4.39 Å². The Morgan fingerprint density at radius 3 is 2.39 bits per heavy atom. The first kappa shape index (κ1) is 16.3. The first-order valence-electron chi connectivity index (χ1n) is 6.71. The number of carbonyl (C=O) groups is 1. The van der Waals surface area contributed by atoms with E-state index in [0.717, 1.165) is 9.79 Å². The van der Waals surface area contributed by atoms with Gasteiger partial charge in [0.25, 0.3) is 5.91 Å². The van der Waals surface area contributed by atoms with Crippen LogP contribution in [-0.2, 0) is 4.79 Å². The first-order valence-corrected chi connectivity index (χ1v) is 8.78. The third-order valence-corrected chi connectivity index (χ3v) is 5.81. The summed E-state index contributed by atoms with van der Waals surface area (Å²) in [6, 6.07) is 9.72. The Balaban J connectivity index is 1.83. The standard InChI is InChI=1S/C16H12FIN2O2S/c1-20-15(18)14(21)13(16(20)22)12-7-6-11(8-19-12)23-10-4-2-9(17)3-5-10/h2-8,15,21H,1H3. The van der Waals surface area contributed by atoms with Gasteiger partial charge in [-0.05, 0) is 59.0 Å². The number of carbonyl (C=O) groups excluding carboxylic acids is 1. The summed E-state index contributed by atoms with van der Waals surface area (Å²) >= 11 is 3.45. The fraction of sp³-hybridized carbons (Fsp3) is 0.125. The maximum absolute atomic E-state index is 12.9. The van der Waals surface area contributed by atoms with Crippen molar-refractivity contribution in [2.75, 3.05) is 7.05 Å². The second-order valence-corrected chi connectivity index (χ2v) is 7.27. The van der Waals surface area contributed by atoms with E-state index >= 15 is 0 Å². The molecule has 0 saturated carbocycles. The fourth-order valence-electron chi connectivity index (χ4n) is 2.16. The van der Waals surface area contributed by atoms with Crippen molar-refractivity contribution >= 4 is 45.8 Å². The predicted molar refractivity (Wildman–Crippen MR) is 94.9 cm³/mol. The summed E-state index contributed by atoms with van der Waals surface area (Å²) in [7, 11) is 1.64. The zero-order valence-electron chi connectivity index (χ0n) is 12.0. The number of aromatic nitrogens is 1. The van der Waals surface area contributed by atoms with Gasteiger partial charge in [-0.1, -0.05) is 11.8 Å². The zero-order valence-corrected chi connectivity index (χ0v) is 15.0. The van der Waals surface area contributed by atoms with Crippen molar-refractivity contribution in [2.24, 2.45) is 0 Å². The molecule has 118 valence electrons. The van der Waals surface area contributed by atoms with Gasteiger partial charge in [-0.3, -0.25) is 9.78 Å². The van der Waals surface area contributed by atoms with Crippen molar-refractivity contribution in [3.63, 3.8) is 0 Å². The van der Waals surface area contributed by atoms with Crippen LogP contribution >= 0.6 is 34.4 Å². The molecular weight excluding hydrogens is 430 g/mol. The molecule has 23 heavy (non-hydrogen) atoms. The smallest absolute Gasteiger partial charge is 0.260 e. The molecule has 1 unspecified atom stereocenters. The zero-order chi connectivity index (χ0) is 16.6. The number of amides is 1. The minimum Gasteiger partial charge on any atom is -0.508 e. The van der Waals surface area contributed by atoms with Crippen LogP contribution in [0.15, 0.2) is 58.1 Å². The van der Waals surface area contributed by atoms with E-state index in [1.165, 1.54) is 28.8 Å². The van der Waals surface area contributed by atoms with Gasteiger partial charge in [0.05, 0.1) is 5.69 Å². The minimum atomic E-state index is -0.370. The molecule has 0 fully saturated rings. The van der Waals surface area contributed by atoms with Crippen LogP contribution in [0, 0.1) is 5.82 Å². The molecule has 4 nitrogen and oxygen atoms in total. The molecule has 0 aliphatic carbocycles. The summed E-state index contributed by atoms with van der Waals surface area (Å²) in [5, 5.41) is 10.1. The van der Waals surface area contributed by atoms with E-state index in [-0.39, 0.29) is 27.1 Å². The van der Waals surface area contributed by atoms with Crippen molar-refractivity contribution in [2.45, 2.75) is 13.8 Å². The van der Waals surface area contributed by atoms with Crippen LogP contribution in [-0.4, -0.2) is 32.0 Å². The highest BCUT2D eigenvalue weighted by molar-refractivity contribution is 14.1. The van der Waals surface area contributed by atoms with E-state index < -0.39 is 0 Å². The number of halogens is 2. The molecule has 1 N–H and O–H groups in total. The third kappa shape index (κ3) is 3.20. The van der Waals surface area contributed by atoms with Crippen LogP contribution in [0.2, 0.25) is 0 Å².